The summed E-state index contributed by atoms with van der Waals surface area (Å²) in [6.07, 6.45) is 0.0886. The summed E-state index contributed by atoms with van der Waals surface area (Å²) in [6.45, 7) is 0.914. The van der Waals surface area contributed by atoms with Crippen molar-refractivity contribution in [2.45, 2.75) is 24.8 Å². The van der Waals surface area contributed by atoms with Gasteiger partial charge in [0, 0.05) is 0 Å². The maximum absolute atomic E-state index is 9.45. The summed E-state index contributed by atoms with van der Waals surface area (Å²) in [4.78, 5) is 0. The molecule has 0 aromatic rings. The average Bonchev–Trinajstić information content (AvgIpc) is 2.04. The second-order valence-electron chi connectivity index (χ2n) is 3.20. The SMILES string of the molecule is OC[C@H]1C[C@@H]2COC[C@H](O1)N2O. The van der Waals surface area contributed by atoms with Crippen molar-refractivity contribution < 1.29 is 19.8 Å². The van der Waals surface area contributed by atoms with E-state index in [2.05, 4.69) is 0 Å². The lowest BCUT2D eigenvalue weighted by Crippen LogP contribution is -2.58. The first kappa shape index (κ1) is 8.40. The second-order valence-corrected chi connectivity index (χ2v) is 3.20. The average molecular weight is 175 g/mol. The van der Waals surface area contributed by atoms with Crippen molar-refractivity contribution in [2.75, 3.05) is 19.8 Å². The number of aliphatic hydroxyl groups excluding tert-OH is 1. The Morgan fingerprint density at radius 3 is 2.92 bits per heavy atom. The van der Waals surface area contributed by atoms with Gasteiger partial charge in [0.15, 0.2) is 6.23 Å². The summed E-state index contributed by atoms with van der Waals surface area (Å²) in [5.41, 5.74) is 0. The zero-order valence-corrected chi connectivity index (χ0v) is 6.72. The molecular weight excluding hydrogens is 162 g/mol. The molecule has 0 aromatic heterocycles. The van der Waals surface area contributed by atoms with Gasteiger partial charge in [0.25, 0.3) is 0 Å². The first-order chi connectivity index (χ1) is 5.81. The lowest BCUT2D eigenvalue weighted by Gasteiger charge is -2.44. The fourth-order valence-corrected chi connectivity index (χ4v) is 1.67. The zero-order chi connectivity index (χ0) is 8.55. The van der Waals surface area contributed by atoms with Gasteiger partial charge in [0.1, 0.15) is 0 Å². The van der Waals surface area contributed by atoms with Gasteiger partial charge in [-0.2, -0.15) is 5.06 Å². The highest BCUT2D eigenvalue weighted by Crippen LogP contribution is 2.24. The minimum absolute atomic E-state index is 0.0147. The molecular formula is C7H13NO4. The van der Waals surface area contributed by atoms with Crippen LogP contribution in [-0.2, 0) is 9.47 Å². The Bertz CT molecular complexity index is 151. The van der Waals surface area contributed by atoms with Crippen molar-refractivity contribution in [3.63, 3.8) is 0 Å². The van der Waals surface area contributed by atoms with Gasteiger partial charge < -0.3 is 19.8 Å². The van der Waals surface area contributed by atoms with Gasteiger partial charge in [-0.05, 0) is 6.42 Å². The van der Waals surface area contributed by atoms with Crippen LogP contribution in [-0.4, -0.2) is 53.6 Å². The molecule has 12 heavy (non-hydrogen) atoms. The molecule has 0 aliphatic carbocycles. The third-order valence-electron chi connectivity index (χ3n) is 2.33. The van der Waals surface area contributed by atoms with Crippen molar-refractivity contribution in [1.82, 2.24) is 5.06 Å². The highest BCUT2D eigenvalue weighted by Gasteiger charge is 2.38. The molecule has 0 saturated carbocycles. The molecule has 2 aliphatic heterocycles. The molecule has 2 rings (SSSR count). The van der Waals surface area contributed by atoms with Gasteiger partial charge in [-0.15, -0.1) is 0 Å². The van der Waals surface area contributed by atoms with E-state index in [-0.39, 0.29) is 18.8 Å². The molecule has 0 amide bonds. The first-order valence-electron chi connectivity index (χ1n) is 4.12. The normalized spacial score (nSPS) is 43.0. The molecule has 2 fully saturated rings. The van der Waals surface area contributed by atoms with E-state index in [1.807, 2.05) is 0 Å². The third-order valence-corrected chi connectivity index (χ3v) is 2.33. The largest absolute Gasteiger partial charge is 0.394 e. The van der Waals surface area contributed by atoms with Gasteiger partial charge in [0.05, 0.1) is 32.0 Å². The van der Waals surface area contributed by atoms with Gasteiger partial charge >= 0.3 is 0 Å². The van der Waals surface area contributed by atoms with E-state index < -0.39 is 6.23 Å². The molecule has 2 bridgehead atoms. The predicted octanol–water partition coefficient (Wildman–Crippen LogP) is -0.816. The molecule has 0 unspecified atom stereocenters. The highest BCUT2D eigenvalue weighted by atomic mass is 16.6. The third kappa shape index (κ3) is 1.34. The van der Waals surface area contributed by atoms with Crippen LogP contribution in [0.2, 0.25) is 0 Å². The van der Waals surface area contributed by atoms with E-state index in [4.69, 9.17) is 14.6 Å². The van der Waals surface area contributed by atoms with Gasteiger partial charge in [-0.1, -0.05) is 0 Å². The van der Waals surface area contributed by atoms with E-state index in [9.17, 15) is 5.21 Å². The summed E-state index contributed by atoms with van der Waals surface area (Å²) in [5.74, 6) is 0. The lowest BCUT2D eigenvalue weighted by molar-refractivity contribution is -0.330. The number of morpholine rings is 1. The number of ether oxygens (including phenoxy) is 2. The van der Waals surface area contributed by atoms with Gasteiger partial charge in [-0.25, -0.2) is 0 Å². The molecule has 2 aliphatic rings. The minimum Gasteiger partial charge on any atom is -0.394 e. The number of fused-ring (bicyclic) bond motifs is 2. The van der Waals surface area contributed by atoms with Crippen LogP contribution < -0.4 is 0 Å². The van der Waals surface area contributed by atoms with Crippen molar-refractivity contribution in [3.05, 3.63) is 0 Å². The number of hydrogen-bond acceptors (Lipinski definition) is 5. The quantitative estimate of drug-likeness (QED) is 0.545. The molecule has 2 heterocycles. The molecule has 0 radical (unpaired) electrons. The van der Waals surface area contributed by atoms with Crippen LogP contribution in [0.5, 0.6) is 0 Å². The zero-order valence-electron chi connectivity index (χ0n) is 6.72. The molecule has 0 aromatic carbocycles. The second kappa shape index (κ2) is 3.27. The van der Waals surface area contributed by atoms with Crippen LogP contribution in [0.15, 0.2) is 0 Å². The summed E-state index contributed by atoms with van der Waals surface area (Å²) >= 11 is 0. The molecule has 2 saturated heterocycles. The topological polar surface area (TPSA) is 62.2 Å². The summed E-state index contributed by atoms with van der Waals surface area (Å²) in [7, 11) is 0. The summed E-state index contributed by atoms with van der Waals surface area (Å²) in [6, 6.07) is -0.0188. The number of hydroxylamine groups is 2. The minimum atomic E-state index is -0.394. The Hall–Kier alpha value is -0.200. The molecule has 3 atom stereocenters. The van der Waals surface area contributed by atoms with Crippen LogP contribution >= 0.6 is 0 Å². The van der Waals surface area contributed by atoms with Crippen molar-refractivity contribution in [1.29, 1.82) is 0 Å². The van der Waals surface area contributed by atoms with Crippen molar-refractivity contribution in [3.8, 4) is 0 Å². The monoisotopic (exact) mass is 175 g/mol. The molecule has 5 nitrogen and oxygen atoms in total. The number of aliphatic hydroxyl groups is 1. The Labute approximate surface area is 70.4 Å². The van der Waals surface area contributed by atoms with E-state index in [1.54, 1.807) is 0 Å². The molecule has 0 spiro atoms. The van der Waals surface area contributed by atoms with Crippen LogP contribution in [0.4, 0.5) is 0 Å². The standard InChI is InChI=1S/C7H13NO4/c9-2-6-1-5-3-11-4-7(12-6)8(5)10/h5-7,9-10H,1-4H2/t5-,6-,7+/m1/s1. The van der Waals surface area contributed by atoms with E-state index in [0.717, 1.165) is 0 Å². The number of nitrogens with zero attached hydrogens (tertiary/aromatic N) is 1. The van der Waals surface area contributed by atoms with E-state index in [0.29, 0.717) is 19.6 Å². The number of hydrogen-bond donors (Lipinski definition) is 2. The maximum Gasteiger partial charge on any atom is 0.156 e. The summed E-state index contributed by atoms with van der Waals surface area (Å²) in [5, 5.41) is 19.5. The first-order valence-corrected chi connectivity index (χ1v) is 4.12. The van der Waals surface area contributed by atoms with E-state index >= 15 is 0 Å². The Balaban J connectivity index is 2.02. The van der Waals surface area contributed by atoms with Crippen LogP contribution in [0, 0.1) is 0 Å². The van der Waals surface area contributed by atoms with Crippen LogP contribution in [0.3, 0.4) is 0 Å². The highest BCUT2D eigenvalue weighted by molar-refractivity contribution is 4.81. The lowest BCUT2D eigenvalue weighted by atomic mass is 10.1. The maximum atomic E-state index is 9.45. The Morgan fingerprint density at radius 2 is 2.25 bits per heavy atom. The fraction of sp³-hybridized carbons (Fsp3) is 1.00. The Kier molecular flexibility index (Phi) is 2.29. The van der Waals surface area contributed by atoms with Gasteiger partial charge in [-0.3, -0.25) is 0 Å². The smallest absolute Gasteiger partial charge is 0.156 e. The predicted molar refractivity (Wildman–Crippen MR) is 38.6 cm³/mol. The fourth-order valence-electron chi connectivity index (χ4n) is 1.67. The van der Waals surface area contributed by atoms with Crippen LogP contribution in [0.1, 0.15) is 6.42 Å². The Morgan fingerprint density at radius 1 is 1.42 bits per heavy atom. The molecule has 70 valence electrons. The van der Waals surface area contributed by atoms with Crippen LogP contribution in [0.25, 0.3) is 0 Å². The number of rotatable bonds is 1. The van der Waals surface area contributed by atoms with Gasteiger partial charge in [0.2, 0.25) is 0 Å². The van der Waals surface area contributed by atoms with Crippen molar-refractivity contribution in [2.24, 2.45) is 0 Å². The molecule has 2 N–H and O–H groups in total. The molecule has 5 heteroatoms. The van der Waals surface area contributed by atoms with Crippen molar-refractivity contribution >= 4 is 0 Å². The summed E-state index contributed by atoms with van der Waals surface area (Å²) < 4.78 is 10.5. The van der Waals surface area contributed by atoms with E-state index in [1.165, 1.54) is 5.06 Å².